The average Bonchev–Trinajstić information content (AvgIpc) is 3.01. The third kappa shape index (κ3) is 29.1. The lowest BCUT2D eigenvalue weighted by atomic mass is 10.1. The number of carboxylic acids is 1. The van der Waals surface area contributed by atoms with Crippen LogP contribution in [0.15, 0.2) is 0 Å². The van der Waals surface area contributed by atoms with Gasteiger partial charge in [-0.25, -0.2) is 9.59 Å². The number of aliphatic carboxylic acids is 1. The number of nitrogens with one attached hydrogen (secondary N) is 3. The molecule has 4 N–H and O–H groups in total. The Morgan fingerprint density at radius 2 is 0.822 bits per heavy atom. The SMILES string of the molecule is CCCCCCCCCCCCCCNC(=O)OC(C)C(NC(C)C(=O)O)OC(=O)NCCCCCCCCCCCCCC. The van der Waals surface area contributed by atoms with Gasteiger partial charge in [0.2, 0.25) is 0 Å². The lowest BCUT2D eigenvalue weighted by Gasteiger charge is -2.26. The molecular weight excluding hydrogens is 570 g/mol. The molecule has 0 fully saturated rings. The van der Waals surface area contributed by atoms with Crippen LogP contribution in [0.25, 0.3) is 0 Å². The Balaban J connectivity index is 4.10. The quantitative estimate of drug-likeness (QED) is 0.0425. The molecule has 2 amide bonds. The maximum Gasteiger partial charge on any atom is 0.408 e. The molecule has 0 aromatic carbocycles. The van der Waals surface area contributed by atoms with Gasteiger partial charge in [0.25, 0.3) is 0 Å². The minimum Gasteiger partial charge on any atom is -0.480 e. The van der Waals surface area contributed by atoms with E-state index in [4.69, 9.17) is 9.47 Å². The van der Waals surface area contributed by atoms with Crippen LogP contribution in [-0.4, -0.2) is 54.7 Å². The van der Waals surface area contributed by atoms with Gasteiger partial charge in [-0.15, -0.1) is 0 Å². The molecule has 0 radical (unpaired) electrons. The third-order valence-electron chi connectivity index (χ3n) is 8.34. The molecule has 0 saturated heterocycles. The minimum atomic E-state index is -1.10. The summed E-state index contributed by atoms with van der Waals surface area (Å²) in [4.78, 5) is 36.2. The van der Waals surface area contributed by atoms with Crippen molar-refractivity contribution in [1.29, 1.82) is 0 Å². The second-order valence-corrected chi connectivity index (χ2v) is 12.8. The van der Waals surface area contributed by atoms with E-state index < -0.39 is 36.5 Å². The first-order valence-electron chi connectivity index (χ1n) is 18.7. The number of carboxylic acid groups (broad SMARTS) is 1. The molecule has 45 heavy (non-hydrogen) atoms. The molecule has 0 spiro atoms. The first kappa shape index (κ1) is 43.0. The zero-order chi connectivity index (χ0) is 33.4. The van der Waals surface area contributed by atoms with Crippen molar-refractivity contribution in [3.8, 4) is 0 Å². The summed E-state index contributed by atoms with van der Waals surface area (Å²) in [5, 5.41) is 17.5. The average molecular weight is 642 g/mol. The van der Waals surface area contributed by atoms with E-state index in [2.05, 4.69) is 29.8 Å². The van der Waals surface area contributed by atoms with Crippen LogP contribution in [0.4, 0.5) is 9.59 Å². The second-order valence-electron chi connectivity index (χ2n) is 12.8. The molecule has 0 saturated carbocycles. The van der Waals surface area contributed by atoms with Gasteiger partial charge in [0, 0.05) is 13.1 Å². The van der Waals surface area contributed by atoms with Crippen molar-refractivity contribution in [2.45, 2.75) is 200 Å². The van der Waals surface area contributed by atoms with E-state index in [0.29, 0.717) is 13.1 Å². The van der Waals surface area contributed by atoms with Crippen molar-refractivity contribution in [3.63, 3.8) is 0 Å². The summed E-state index contributed by atoms with van der Waals surface area (Å²) in [5.41, 5.74) is 0. The molecule has 3 unspecified atom stereocenters. The zero-order valence-corrected chi connectivity index (χ0v) is 29.6. The van der Waals surface area contributed by atoms with E-state index in [-0.39, 0.29) is 0 Å². The molecule has 0 aliphatic heterocycles. The van der Waals surface area contributed by atoms with Crippen molar-refractivity contribution < 1.29 is 29.0 Å². The fourth-order valence-corrected chi connectivity index (χ4v) is 5.33. The van der Waals surface area contributed by atoms with Gasteiger partial charge in [-0.1, -0.05) is 155 Å². The van der Waals surface area contributed by atoms with Crippen molar-refractivity contribution in [3.05, 3.63) is 0 Å². The van der Waals surface area contributed by atoms with E-state index in [1.165, 1.54) is 122 Å². The molecule has 0 heterocycles. The zero-order valence-electron chi connectivity index (χ0n) is 29.6. The standard InChI is InChI=1S/C36H71N3O6/c1-5-7-9-11-13-15-17-19-21-23-25-27-29-37-35(42)44-32(4)33(39-31(3)34(40)41)45-36(43)38-30-28-26-24-22-20-18-16-14-12-10-8-6-2/h31-33,39H,5-30H2,1-4H3,(H,37,42)(H,38,43)(H,40,41). The molecule has 0 aliphatic rings. The van der Waals surface area contributed by atoms with E-state index in [0.717, 1.165) is 38.5 Å². The summed E-state index contributed by atoms with van der Waals surface area (Å²) in [5.74, 6) is -1.09. The molecule has 0 rings (SSSR count). The van der Waals surface area contributed by atoms with Crippen molar-refractivity contribution in [1.82, 2.24) is 16.0 Å². The molecule has 0 aromatic rings. The van der Waals surface area contributed by atoms with E-state index in [1.807, 2.05) is 0 Å². The topological polar surface area (TPSA) is 126 Å². The van der Waals surface area contributed by atoms with E-state index in [1.54, 1.807) is 6.92 Å². The van der Waals surface area contributed by atoms with Crippen molar-refractivity contribution in [2.24, 2.45) is 0 Å². The van der Waals surface area contributed by atoms with Gasteiger partial charge < -0.3 is 25.2 Å². The molecule has 9 nitrogen and oxygen atoms in total. The highest BCUT2D eigenvalue weighted by molar-refractivity contribution is 5.73. The third-order valence-corrected chi connectivity index (χ3v) is 8.34. The number of carbonyl (C=O) groups is 3. The van der Waals surface area contributed by atoms with Crippen LogP contribution in [0, 0.1) is 0 Å². The summed E-state index contributed by atoms with van der Waals surface area (Å²) in [7, 11) is 0. The minimum absolute atomic E-state index is 0.478. The Morgan fingerprint density at radius 1 is 0.511 bits per heavy atom. The van der Waals surface area contributed by atoms with Crippen LogP contribution in [0.5, 0.6) is 0 Å². The Bertz CT molecular complexity index is 708. The number of rotatable bonds is 32. The fraction of sp³-hybridized carbons (Fsp3) is 0.917. The Labute approximate surface area is 276 Å². The fourth-order valence-electron chi connectivity index (χ4n) is 5.33. The molecule has 3 atom stereocenters. The lowest BCUT2D eigenvalue weighted by molar-refractivity contribution is -0.140. The van der Waals surface area contributed by atoms with Gasteiger partial charge in [0.05, 0.1) is 0 Å². The molecule has 0 aromatic heterocycles. The number of amides is 2. The summed E-state index contributed by atoms with van der Waals surface area (Å²) < 4.78 is 10.8. The highest BCUT2D eigenvalue weighted by Crippen LogP contribution is 2.13. The normalized spacial score (nSPS) is 13.2. The maximum atomic E-state index is 12.4. The summed E-state index contributed by atoms with van der Waals surface area (Å²) in [6.07, 6.45) is 26.6. The van der Waals surface area contributed by atoms with Gasteiger partial charge >= 0.3 is 18.2 Å². The number of unbranched alkanes of at least 4 members (excludes halogenated alkanes) is 22. The molecule has 0 aliphatic carbocycles. The van der Waals surface area contributed by atoms with Crippen LogP contribution < -0.4 is 16.0 Å². The second kappa shape index (κ2) is 31.9. The number of hydrogen-bond donors (Lipinski definition) is 4. The summed E-state index contributed by atoms with van der Waals surface area (Å²) in [6, 6.07) is -0.991. The molecule has 9 heteroatoms. The number of carbonyl (C=O) groups excluding carboxylic acids is 2. The number of alkyl carbamates (subject to hydrolysis) is 2. The Morgan fingerprint density at radius 3 is 1.16 bits per heavy atom. The van der Waals surface area contributed by atoms with E-state index >= 15 is 0 Å². The molecular formula is C36H71N3O6. The first-order valence-corrected chi connectivity index (χ1v) is 18.7. The maximum absolute atomic E-state index is 12.4. The first-order chi connectivity index (χ1) is 21.8. The number of hydrogen-bond acceptors (Lipinski definition) is 6. The van der Waals surface area contributed by atoms with Gasteiger partial charge in [0.1, 0.15) is 6.04 Å². The molecule has 266 valence electrons. The molecule has 0 bridgehead atoms. The van der Waals surface area contributed by atoms with Crippen LogP contribution in [0.2, 0.25) is 0 Å². The predicted molar refractivity (Wildman–Crippen MR) is 185 cm³/mol. The van der Waals surface area contributed by atoms with Crippen LogP contribution >= 0.6 is 0 Å². The Hall–Kier alpha value is -2.03. The van der Waals surface area contributed by atoms with Gasteiger partial charge in [-0.05, 0) is 26.7 Å². The van der Waals surface area contributed by atoms with Gasteiger partial charge in [-0.3, -0.25) is 10.1 Å². The largest absolute Gasteiger partial charge is 0.480 e. The number of ether oxygens (including phenoxy) is 2. The Kier molecular flexibility index (Phi) is 30.5. The van der Waals surface area contributed by atoms with Gasteiger partial charge in [0.15, 0.2) is 12.3 Å². The van der Waals surface area contributed by atoms with Crippen LogP contribution in [0.1, 0.15) is 182 Å². The highest BCUT2D eigenvalue weighted by Gasteiger charge is 2.28. The smallest absolute Gasteiger partial charge is 0.408 e. The summed E-state index contributed by atoms with van der Waals surface area (Å²) >= 11 is 0. The van der Waals surface area contributed by atoms with Gasteiger partial charge in [-0.2, -0.15) is 0 Å². The summed E-state index contributed by atoms with van der Waals surface area (Å²) in [6.45, 7) is 8.50. The lowest BCUT2D eigenvalue weighted by Crippen LogP contribution is -2.51. The highest BCUT2D eigenvalue weighted by atomic mass is 16.6. The van der Waals surface area contributed by atoms with Crippen molar-refractivity contribution >= 4 is 18.2 Å². The van der Waals surface area contributed by atoms with Crippen LogP contribution in [0.3, 0.4) is 0 Å². The predicted octanol–water partition coefficient (Wildman–Crippen LogP) is 9.62. The van der Waals surface area contributed by atoms with Crippen molar-refractivity contribution in [2.75, 3.05) is 13.1 Å². The monoisotopic (exact) mass is 642 g/mol. The van der Waals surface area contributed by atoms with Crippen LogP contribution in [-0.2, 0) is 14.3 Å². The van der Waals surface area contributed by atoms with E-state index in [9.17, 15) is 19.5 Å².